The Hall–Kier alpha value is -0.640. The highest BCUT2D eigenvalue weighted by molar-refractivity contribution is 6.29. The van der Waals surface area contributed by atoms with E-state index in [0.29, 0.717) is 5.15 Å². The number of nitrogens with zero attached hydrogens (tertiary/aromatic N) is 2. The maximum atomic E-state index is 5.97. The molecule has 0 aliphatic carbocycles. The van der Waals surface area contributed by atoms with Gasteiger partial charge in [-0.15, -0.1) is 0 Å². The van der Waals surface area contributed by atoms with Crippen molar-refractivity contribution >= 4 is 11.6 Å². The molecule has 2 unspecified atom stereocenters. The van der Waals surface area contributed by atoms with Crippen LogP contribution in [0.5, 0.6) is 0 Å². The minimum Gasteiger partial charge on any atom is -0.311 e. The number of nitrogens with one attached hydrogen (secondary N) is 1. The van der Waals surface area contributed by atoms with Crippen LogP contribution >= 0.6 is 11.6 Å². The molecule has 0 aromatic carbocycles. The van der Waals surface area contributed by atoms with E-state index in [1.54, 1.807) is 6.20 Å². The lowest BCUT2D eigenvalue weighted by atomic mass is 9.97. The van der Waals surface area contributed by atoms with Gasteiger partial charge in [0.1, 0.15) is 5.15 Å². The Morgan fingerprint density at radius 3 is 2.74 bits per heavy atom. The number of rotatable bonds is 4. The molecule has 1 N–H and O–H groups in total. The molecular formula is C15H22ClN3. The molecule has 2 saturated heterocycles. The van der Waals surface area contributed by atoms with Crippen molar-refractivity contribution in [2.75, 3.05) is 6.54 Å². The van der Waals surface area contributed by atoms with Gasteiger partial charge in [-0.25, -0.2) is 4.98 Å². The molecule has 4 heteroatoms. The van der Waals surface area contributed by atoms with Gasteiger partial charge in [-0.2, -0.15) is 0 Å². The van der Waals surface area contributed by atoms with Crippen molar-refractivity contribution in [3.63, 3.8) is 0 Å². The Kier molecular flexibility index (Phi) is 4.06. The van der Waals surface area contributed by atoms with E-state index in [2.05, 4.69) is 28.2 Å². The second-order valence-electron chi connectivity index (χ2n) is 5.81. The molecule has 3 heterocycles. The third kappa shape index (κ3) is 3.10. The van der Waals surface area contributed by atoms with Gasteiger partial charge in [-0.05, 0) is 49.9 Å². The highest BCUT2D eigenvalue weighted by Gasteiger charge is 2.35. The monoisotopic (exact) mass is 279 g/mol. The van der Waals surface area contributed by atoms with E-state index in [1.807, 2.05) is 6.07 Å². The molecule has 2 bridgehead atoms. The van der Waals surface area contributed by atoms with Crippen molar-refractivity contribution in [1.82, 2.24) is 15.2 Å². The first-order chi connectivity index (χ1) is 9.24. The van der Waals surface area contributed by atoms with Crippen molar-refractivity contribution in [3.05, 3.63) is 29.0 Å². The van der Waals surface area contributed by atoms with Gasteiger partial charge >= 0.3 is 0 Å². The average molecular weight is 280 g/mol. The highest BCUT2D eigenvalue weighted by Crippen LogP contribution is 2.30. The van der Waals surface area contributed by atoms with E-state index in [1.165, 1.54) is 31.2 Å². The van der Waals surface area contributed by atoms with Crippen molar-refractivity contribution in [2.24, 2.45) is 0 Å². The third-order valence-corrected chi connectivity index (χ3v) is 4.75. The van der Waals surface area contributed by atoms with Crippen LogP contribution in [0.3, 0.4) is 0 Å². The highest BCUT2D eigenvalue weighted by atomic mass is 35.5. The molecule has 2 atom stereocenters. The Labute approximate surface area is 120 Å². The van der Waals surface area contributed by atoms with Gasteiger partial charge in [0.05, 0.1) is 0 Å². The molecule has 2 fully saturated rings. The second-order valence-corrected chi connectivity index (χ2v) is 6.20. The molecule has 0 radical (unpaired) electrons. The fraction of sp³-hybridized carbons (Fsp3) is 0.667. The van der Waals surface area contributed by atoms with Crippen LogP contribution in [0.25, 0.3) is 0 Å². The van der Waals surface area contributed by atoms with E-state index in [4.69, 9.17) is 11.6 Å². The van der Waals surface area contributed by atoms with E-state index >= 15 is 0 Å². The van der Waals surface area contributed by atoms with Crippen LogP contribution in [0.1, 0.15) is 38.2 Å². The number of pyridine rings is 1. The maximum absolute atomic E-state index is 5.97. The number of fused-ring (bicyclic) bond motifs is 2. The molecule has 3 nitrogen and oxygen atoms in total. The summed E-state index contributed by atoms with van der Waals surface area (Å²) in [4.78, 5) is 6.65. The van der Waals surface area contributed by atoms with Gasteiger partial charge in [0.2, 0.25) is 0 Å². The smallest absolute Gasteiger partial charge is 0.129 e. The van der Waals surface area contributed by atoms with Crippen molar-refractivity contribution in [3.8, 4) is 0 Å². The Bertz CT molecular complexity index is 425. The first kappa shape index (κ1) is 13.3. The zero-order valence-corrected chi connectivity index (χ0v) is 12.2. The number of hydrogen-bond acceptors (Lipinski definition) is 3. The summed E-state index contributed by atoms with van der Waals surface area (Å²) in [5.74, 6) is 0. The molecule has 0 spiro atoms. The third-order valence-electron chi connectivity index (χ3n) is 4.55. The summed E-state index contributed by atoms with van der Waals surface area (Å²) in [6.45, 7) is 4.35. The van der Waals surface area contributed by atoms with E-state index in [9.17, 15) is 0 Å². The zero-order valence-electron chi connectivity index (χ0n) is 11.5. The molecule has 3 rings (SSSR count). The number of aromatic nitrogens is 1. The first-order valence-corrected chi connectivity index (χ1v) is 7.73. The van der Waals surface area contributed by atoms with Crippen LogP contribution < -0.4 is 5.32 Å². The number of halogens is 1. The van der Waals surface area contributed by atoms with Crippen LogP contribution in [0.15, 0.2) is 18.3 Å². The van der Waals surface area contributed by atoms with Gasteiger partial charge in [-0.3, -0.25) is 4.90 Å². The molecule has 104 valence electrons. The standard InChI is InChI=1S/C15H22ClN3/c1-2-19(10-11-5-6-17-15(16)7-11)14-8-12-3-4-13(9-14)18-12/h5-7,12-14,18H,2-4,8-10H2,1H3. The Morgan fingerprint density at radius 1 is 1.37 bits per heavy atom. The number of piperidine rings is 1. The van der Waals surface area contributed by atoms with E-state index in [0.717, 1.165) is 31.2 Å². The molecule has 2 aliphatic rings. The van der Waals surface area contributed by atoms with Crippen molar-refractivity contribution < 1.29 is 0 Å². The summed E-state index contributed by atoms with van der Waals surface area (Å²) in [7, 11) is 0. The lowest BCUT2D eigenvalue weighted by molar-refractivity contribution is 0.140. The van der Waals surface area contributed by atoms with Gasteiger partial charge in [0, 0.05) is 30.9 Å². The summed E-state index contributed by atoms with van der Waals surface area (Å²) in [5, 5.41) is 4.31. The first-order valence-electron chi connectivity index (χ1n) is 7.35. The van der Waals surface area contributed by atoms with Crippen LogP contribution in [0.4, 0.5) is 0 Å². The minimum atomic E-state index is 0.596. The van der Waals surface area contributed by atoms with E-state index < -0.39 is 0 Å². The predicted octanol–water partition coefficient (Wildman–Crippen LogP) is 2.84. The predicted molar refractivity (Wildman–Crippen MR) is 78.3 cm³/mol. The molecule has 0 saturated carbocycles. The van der Waals surface area contributed by atoms with Gasteiger partial charge in [0.15, 0.2) is 0 Å². The van der Waals surface area contributed by atoms with Crippen LogP contribution in [-0.4, -0.2) is 34.6 Å². The largest absolute Gasteiger partial charge is 0.311 e. The van der Waals surface area contributed by atoms with E-state index in [-0.39, 0.29) is 0 Å². The molecule has 19 heavy (non-hydrogen) atoms. The molecule has 0 amide bonds. The Morgan fingerprint density at radius 2 is 2.11 bits per heavy atom. The molecule has 1 aromatic heterocycles. The minimum absolute atomic E-state index is 0.596. The zero-order chi connectivity index (χ0) is 13.2. The summed E-state index contributed by atoms with van der Waals surface area (Å²) in [6.07, 6.45) is 7.11. The summed E-state index contributed by atoms with van der Waals surface area (Å²) in [5.41, 5.74) is 1.27. The topological polar surface area (TPSA) is 28.2 Å². The van der Waals surface area contributed by atoms with Crippen molar-refractivity contribution in [2.45, 2.75) is 57.3 Å². The molecule has 2 aliphatic heterocycles. The Balaban J connectivity index is 1.67. The fourth-order valence-corrected chi connectivity index (χ4v) is 3.80. The fourth-order valence-electron chi connectivity index (χ4n) is 3.60. The van der Waals surface area contributed by atoms with Crippen molar-refractivity contribution in [1.29, 1.82) is 0 Å². The number of hydrogen-bond donors (Lipinski definition) is 1. The molecule has 1 aromatic rings. The van der Waals surface area contributed by atoms with Crippen LogP contribution in [-0.2, 0) is 6.54 Å². The molecular weight excluding hydrogens is 258 g/mol. The quantitative estimate of drug-likeness (QED) is 0.859. The normalized spacial score (nSPS) is 29.9. The lowest BCUT2D eigenvalue weighted by Gasteiger charge is -2.37. The maximum Gasteiger partial charge on any atom is 0.129 e. The summed E-state index contributed by atoms with van der Waals surface area (Å²) >= 11 is 5.97. The SMILES string of the molecule is CCN(Cc1ccnc(Cl)c1)C1CC2CCC(C1)N2. The van der Waals surface area contributed by atoms with Gasteiger partial charge in [0.25, 0.3) is 0 Å². The lowest BCUT2D eigenvalue weighted by Crippen LogP contribution is -2.47. The van der Waals surface area contributed by atoms with Gasteiger partial charge < -0.3 is 5.32 Å². The van der Waals surface area contributed by atoms with Crippen LogP contribution in [0.2, 0.25) is 5.15 Å². The summed E-state index contributed by atoms with van der Waals surface area (Å²) in [6, 6.07) is 6.28. The summed E-state index contributed by atoms with van der Waals surface area (Å²) < 4.78 is 0. The van der Waals surface area contributed by atoms with Crippen LogP contribution in [0, 0.1) is 0 Å². The average Bonchev–Trinajstić information content (AvgIpc) is 2.75. The van der Waals surface area contributed by atoms with Gasteiger partial charge in [-0.1, -0.05) is 18.5 Å². The second kappa shape index (κ2) is 5.78.